The lowest BCUT2D eigenvalue weighted by Crippen LogP contribution is -2.43. The molecule has 4 heteroatoms. The number of nitrogens with zero attached hydrogens (tertiary/aromatic N) is 1. The van der Waals surface area contributed by atoms with E-state index in [1.165, 1.54) is 26.4 Å². The monoisotopic (exact) mass is 228 g/mol. The molecule has 0 amide bonds. The number of ether oxygens (including phenoxy) is 1. The van der Waals surface area contributed by atoms with Gasteiger partial charge in [-0.25, -0.2) is 0 Å². The van der Waals surface area contributed by atoms with Crippen LogP contribution in [0, 0.1) is 0 Å². The minimum Gasteiger partial charge on any atom is -0.468 e. The highest BCUT2D eigenvalue weighted by molar-refractivity contribution is 5.75. The van der Waals surface area contributed by atoms with E-state index in [4.69, 9.17) is 4.74 Å². The molecule has 1 unspecified atom stereocenters. The van der Waals surface area contributed by atoms with Gasteiger partial charge in [-0.15, -0.1) is 0 Å². The van der Waals surface area contributed by atoms with Crippen molar-refractivity contribution in [3.63, 3.8) is 0 Å². The minimum atomic E-state index is -0.155. The van der Waals surface area contributed by atoms with E-state index >= 15 is 0 Å². The molecule has 1 rings (SSSR count). The molecule has 1 atom stereocenters. The second-order valence-electron chi connectivity index (χ2n) is 4.49. The first-order valence-corrected chi connectivity index (χ1v) is 6.20. The highest BCUT2D eigenvalue weighted by Crippen LogP contribution is 2.23. The SMILES string of the molecule is CCNC(CCN(C)C1CCC1)C(=O)OC. The lowest BCUT2D eigenvalue weighted by molar-refractivity contribution is -0.143. The molecular weight excluding hydrogens is 204 g/mol. The lowest BCUT2D eigenvalue weighted by atomic mass is 9.91. The Morgan fingerprint density at radius 3 is 2.69 bits per heavy atom. The van der Waals surface area contributed by atoms with Crippen molar-refractivity contribution >= 4 is 5.97 Å². The number of nitrogens with one attached hydrogen (secondary N) is 1. The molecule has 0 aliphatic heterocycles. The fraction of sp³-hybridized carbons (Fsp3) is 0.917. The number of carbonyl (C=O) groups is 1. The molecule has 0 radical (unpaired) electrons. The van der Waals surface area contributed by atoms with Gasteiger partial charge in [-0.1, -0.05) is 13.3 Å². The molecule has 1 aliphatic carbocycles. The van der Waals surface area contributed by atoms with Crippen molar-refractivity contribution in [1.82, 2.24) is 10.2 Å². The highest BCUT2D eigenvalue weighted by Gasteiger charge is 2.24. The molecule has 0 aromatic rings. The van der Waals surface area contributed by atoms with Gasteiger partial charge in [-0.2, -0.15) is 0 Å². The smallest absolute Gasteiger partial charge is 0.322 e. The lowest BCUT2D eigenvalue weighted by Gasteiger charge is -2.35. The van der Waals surface area contributed by atoms with Crippen LogP contribution in [0.15, 0.2) is 0 Å². The average Bonchev–Trinajstić information content (AvgIpc) is 2.20. The second-order valence-corrected chi connectivity index (χ2v) is 4.49. The Hall–Kier alpha value is -0.610. The van der Waals surface area contributed by atoms with Crippen molar-refractivity contribution in [3.8, 4) is 0 Å². The third-order valence-electron chi connectivity index (χ3n) is 3.40. The van der Waals surface area contributed by atoms with Crippen molar-refractivity contribution in [2.45, 2.75) is 44.7 Å². The maximum atomic E-state index is 11.5. The number of carbonyl (C=O) groups excluding carboxylic acids is 1. The molecular formula is C12H24N2O2. The van der Waals surface area contributed by atoms with E-state index in [0.717, 1.165) is 25.6 Å². The predicted molar refractivity (Wildman–Crippen MR) is 64.4 cm³/mol. The van der Waals surface area contributed by atoms with E-state index in [2.05, 4.69) is 17.3 Å². The van der Waals surface area contributed by atoms with E-state index in [0.29, 0.717) is 0 Å². The predicted octanol–water partition coefficient (Wildman–Crippen LogP) is 1.01. The molecule has 0 heterocycles. The van der Waals surface area contributed by atoms with Gasteiger partial charge in [-0.05, 0) is 32.9 Å². The number of methoxy groups -OCH3 is 1. The molecule has 1 N–H and O–H groups in total. The van der Waals surface area contributed by atoms with Crippen LogP contribution in [0.3, 0.4) is 0 Å². The number of hydrogen-bond donors (Lipinski definition) is 1. The van der Waals surface area contributed by atoms with Crippen LogP contribution in [0.2, 0.25) is 0 Å². The first-order valence-electron chi connectivity index (χ1n) is 6.20. The topological polar surface area (TPSA) is 41.6 Å². The molecule has 0 saturated heterocycles. The standard InChI is InChI=1S/C12H24N2O2/c1-4-13-11(12(15)16-3)8-9-14(2)10-6-5-7-10/h10-11,13H,4-9H2,1-3H3. The Labute approximate surface area is 98.3 Å². The van der Waals surface area contributed by atoms with E-state index in [-0.39, 0.29) is 12.0 Å². The van der Waals surface area contributed by atoms with E-state index < -0.39 is 0 Å². The Bertz CT molecular complexity index is 217. The molecule has 4 nitrogen and oxygen atoms in total. The fourth-order valence-corrected chi connectivity index (χ4v) is 2.03. The summed E-state index contributed by atoms with van der Waals surface area (Å²) in [6, 6.07) is 0.581. The van der Waals surface area contributed by atoms with E-state index in [1.807, 2.05) is 6.92 Å². The number of likely N-dealkylation sites (N-methyl/N-ethyl adjacent to an activating group) is 1. The van der Waals surface area contributed by atoms with Crippen molar-refractivity contribution in [1.29, 1.82) is 0 Å². The molecule has 1 saturated carbocycles. The zero-order chi connectivity index (χ0) is 12.0. The van der Waals surface area contributed by atoms with Gasteiger partial charge in [0.05, 0.1) is 7.11 Å². The van der Waals surface area contributed by atoms with E-state index in [9.17, 15) is 4.79 Å². The number of hydrogen-bond acceptors (Lipinski definition) is 4. The quantitative estimate of drug-likeness (QED) is 0.660. The zero-order valence-corrected chi connectivity index (χ0v) is 10.7. The molecule has 0 aromatic heterocycles. The first-order chi connectivity index (χ1) is 7.69. The molecule has 1 fully saturated rings. The highest BCUT2D eigenvalue weighted by atomic mass is 16.5. The third kappa shape index (κ3) is 3.76. The molecule has 1 aliphatic rings. The van der Waals surface area contributed by atoms with Gasteiger partial charge >= 0.3 is 5.97 Å². The molecule has 94 valence electrons. The average molecular weight is 228 g/mol. The Kier molecular flexibility index (Phi) is 5.77. The van der Waals surface area contributed by atoms with Gasteiger partial charge in [0.25, 0.3) is 0 Å². The molecule has 0 spiro atoms. The summed E-state index contributed by atoms with van der Waals surface area (Å²) in [7, 11) is 3.59. The summed E-state index contributed by atoms with van der Waals surface area (Å²) in [5, 5.41) is 3.16. The number of rotatable bonds is 7. The molecule has 0 bridgehead atoms. The van der Waals surface area contributed by atoms with Gasteiger partial charge in [0.15, 0.2) is 0 Å². The van der Waals surface area contributed by atoms with Gasteiger partial charge in [0, 0.05) is 12.6 Å². The Morgan fingerprint density at radius 2 is 2.25 bits per heavy atom. The summed E-state index contributed by atoms with van der Waals surface area (Å²) < 4.78 is 4.78. The maximum absolute atomic E-state index is 11.5. The fourth-order valence-electron chi connectivity index (χ4n) is 2.03. The van der Waals surface area contributed by atoms with Gasteiger partial charge in [0.1, 0.15) is 6.04 Å². The van der Waals surface area contributed by atoms with Crippen LogP contribution >= 0.6 is 0 Å². The second kappa shape index (κ2) is 6.86. The van der Waals surface area contributed by atoms with Gasteiger partial charge < -0.3 is 15.0 Å². The van der Waals surface area contributed by atoms with Crippen LogP contribution in [0.5, 0.6) is 0 Å². The van der Waals surface area contributed by atoms with Crippen molar-refractivity contribution < 1.29 is 9.53 Å². The summed E-state index contributed by atoms with van der Waals surface area (Å²) in [6.07, 6.45) is 4.79. The normalized spacial score (nSPS) is 18.2. The molecule has 0 aromatic carbocycles. The van der Waals surface area contributed by atoms with Crippen LogP contribution in [-0.4, -0.2) is 50.2 Å². The molecule has 16 heavy (non-hydrogen) atoms. The summed E-state index contributed by atoms with van der Waals surface area (Å²) >= 11 is 0. The van der Waals surface area contributed by atoms with Crippen molar-refractivity contribution in [3.05, 3.63) is 0 Å². The Balaban J connectivity index is 2.27. The summed E-state index contributed by atoms with van der Waals surface area (Å²) in [5.74, 6) is -0.149. The van der Waals surface area contributed by atoms with Crippen LogP contribution < -0.4 is 5.32 Å². The summed E-state index contributed by atoms with van der Waals surface area (Å²) in [6.45, 7) is 3.76. The maximum Gasteiger partial charge on any atom is 0.322 e. The van der Waals surface area contributed by atoms with Gasteiger partial charge in [0.2, 0.25) is 0 Å². The van der Waals surface area contributed by atoms with Crippen LogP contribution in [-0.2, 0) is 9.53 Å². The van der Waals surface area contributed by atoms with E-state index in [1.54, 1.807) is 0 Å². The third-order valence-corrected chi connectivity index (χ3v) is 3.40. The number of esters is 1. The van der Waals surface area contributed by atoms with Gasteiger partial charge in [-0.3, -0.25) is 4.79 Å². The summed E-state index contributed by atoms with van der Waals surface area (Å²) in [4.78, 5) is 13.8. The Morgan fingerprint density at radius 1 is 1.56 bits per heavy atom. The largest absolute Gasteiger partial charge is 0.468 e. The summed E-state index contributed by atoms with van der Waals surface area (Å²) in [5.41, 5.74) is 0. The van der Waals surface area contributed by atoms with Crippen molar-refractivity contribution in [2.75, 3.05) is 27.2 Å². The van der Waals surface area contributed by atoms with Crippen LogP contribution in [0.1, 0.15) is 32.6 Å². The van der Waals surface area contributed by atoms with Crippen molar-refractivity contribution in [2.24, 2.45) is 0 Å². The zero-order valence-electron chi connectivity index (χ0n) is 10.7. The van der Waals surface area contributed by atoms with Crippen LogP contribution in [0.4, 0.5) is 0 Å². The minimum absolute atomic E-state index is 0.149. The first kappa shape index (κ1) is 13.5. The van der Waals surface area contributed by atoms with Crippen LogP contribution in [0.25, 0.3) is 0 Å².